The molecule has 3 amide bonds. The Bertz CT molecular complexity index is 713. The van der Waals surface area contributed by atoms with Crippen LogP contribution in [0.15, 0.2) is 24.3 Å². The molecule has 1 aromatic rings. The molecule has 0 aliphatic heterocycles. The van der Waals surface area contributed by atoms with Crippen LogP contribution in [0.1, 0.15) is 70.9 Å². The summed E-state index contributed by atoms with van der Waals surface area (Å²) in [7, 11) is 0. The molecule has 2 atom stereocenters. The summed E-state index contributed by atoms with van der Waals surface area (Å²) in [4.78, 5) is 34.1. The van der Waals surface area contributed by atoms with Crippen LogP contribution in [-0.2, 0) is 32.1 Å². The van der Waals surface area contributed by atoms with Gasteiger partial charge in [0.15, 0.2) is 0 Å². The number of carbonyl (C=O) groups is 3. The van der Waals surface area contributed by atoms with Crippen molar-refractivity contribution < 1.29 is 23.9 Å². The molecule has 0 unspecified atom stereocenters. The number of carbonyl (C=O) groups excluding carboxylic acids is 3. The number of ether oxygens (including phenoxy) is 2. The van der Waals surface area contributed by atoms with E-state index in [-0.39, 0.29) is 18.4 Å². The predicted octanol–water partition coefficient (Wildman–Crippen LogP) is 2.95. The highest BCUT2D eigenvalue weighted by Gasteiger charge is 2.24. The highest BCUT2D eigenvalue weighted by molar-refractivity contribution is 5.74. The van der Waals surface area contributed by atoms with Crippen LogP contribution in [0.5, 0.6) is 0 Å². The molecule has 0 bridgehead atoms. The third-order valence-electron chi connectivity index (χ3n) is 4.64. The maximum Gasteiger partial charge on any atom is 0.407 e. The van der Waals surface area contributed by atoms with E-state index in [0.717, 1.165) is 24.8 Å². The van der Waals surface area contributed by atoms with E-state index in [1.54, 1.807) is 20.8 Å². The normalized spacial score (nSPS) is 13.3. The Balaban J connectivity index is 2.57. The van der Waals surface area contributed by atoms with Gasteiger partial charge in [0.25, 0.3) is 0 Å². The number of aryl methyl sites for hydroxylation is 1. The van der Waals surface area contributed by atoms with Crippen molar-refractivity contribution in [3.05, 3.63) is 35.4 Å². The van der Waals surface area contributed by atoms with Crippen molar-refractivity contribution in [2.75, 3.05) is 0 Å². The Morgan fingerprint density at radius 2 is 1.55 bits per heavy atom. The molecule has 31 heavy (non-hydrogen) atoms. The van der Waals surface area contributed by atoms with Gasteiger partial charge in [-0.1, -0.05) is 24.3 Å². The van der Waals surface area contributed by atoms with Gasteiger partial charge in [-0.2, -0.15) is 0 Å². The van der Waals surface area contributed by atoms with Gasteiger partial charge in [-0.3, -0.25) is 9.59 Å². The first-order valence-corrected chi connectivity index (χ1v) is 10.7. The minimum absolute atomic E-state index is 0.138. The van der Waals surface area contributed by atoms with Crippen molar-refractivity contribution in [3.63, 3.8) is 0 Å². The third kappa shape index (κ3) is 12.6. The fourth-order valence-corrected chi connectivity index (χ4v) is 2.96. The third-order valence-corrected chi connectivity index (χ3v) is 4.64. The van der Waals surface area contributed by atoms with Gasteiger partial charge in [-0.05, 0) is 64.5 Å². The molecule has 5 N–H and O–H groups in total. The van der Waals surface area contributed by atoms with E-state index < -0.39 is 23.6 Å². The number of rotatable bonds is 13. The molecule has 0 fully saturated rings. The molecule has 0 spiro atoms. The summed E-state index contributed by atoms with van der Waals surface area (Å²) in [6.45, 7) is 7.56. The lowest BCUT2D eigenvalue weighted by atomic mass is 10.0. The van der Waals surface area contributed by atoms with Crippen molar-refractivity contribution in [3.8, 4) is 0 Å². The van der Waals surface area contributed by atoms with Gasteiger partial charge in [0.05, 0.1) is 18.8 Å². The number of benzene rings is 1. The van der Waals surface area contributed by atoms with E-state index in [1.807, 2.05) is 31.2 Å². The molecule has 1 rings (SSSR count). The van der Waals surface area contributed by atoms with Gasteiger partial charge in [-0.25, -0.2) is 4.79 Å². The quantitative estimate of drug-likeness (QED) is 0.410. The fraction of sp³-hybridized carbons (Fsp3) is 0.609. The minimum atomic E-state index is -0.621. The minimum Gasteiger partial charge on any atom is -0.444 e. The van der Waals surface area contributed by atoms with E-state index in [4.69, 9.17) is 20.9 Å². The zero-order valence-electron chi connectivity index (χ0n) is 19.1. The standard InChI is InChI=1S/C23H37N3O5/c1-16(19(13-14-21(25)28)26-22(29)31-23(2,3)4)30-15-18-11-9-17(10-12-18)7-5-6-8-20(24)27/h9-12,16,19H,5-8,13-15H2,1-4H3,(H2,24,27)(H2,25,28)(H,26,29)/t16-,19+/m1/s1. The topological polar surface area (TPSA) is 134 Å². The Labute approximate surface area is 185 Å². The number of nitrogens with one attached hydrogen (secondary N) is 1. The first kappa shape index (κ1) is 26.4. The average Bonchev–Trinajstić information content (AvgIpc) is 2.65. The summed E-state index contributed by atoms with van der Waals surface area (Å²) in [6.07, 6.45) is 2.60. The Morgan fingerprint density at radius 3 is 2.10 bits per heavy atom. The highest BCUT2D eigenvalue weighted by Crippen LogP contribution is 2.14. The largest absolute Gasteiger partial charge is 0.444 e. The molecular formula is C23H37N3O5. The molecule has 0 aliphatic rings. The van der Waals surface area contributed by atoms with E-state index in [0.29, 0.717) is 19.4 Å². The lowest BCUT2D eigenvalue weighted by molar-refractivity contribution is -0.119. The molecule has 8 heteroatoms. The molecule has 0 saturated heterocycles. The second-order valence-electron chi connectivity index (χ2n) is 8.76. The van der Waals surface area contributed by atoms with Crippen LogP contribution in [0, 0.1) is 0 Å². The molecule has 0 aliphatic carbocycles. The summed E-state index contributed by atoms with van der Waals surface area (Å²) < 4.78 is 11.3. The maximum atomic E-state index is 12.1. The van der Waals surface area contributed by atoms with Gasteiger partial charge < -0.3 is 26.3 Å². The number of amides is 3. The monoisotopic (exact) mass is 435 g/mol. The molecule has 1 aromatic carbocycles. The second-order valence-corrected chi connectivity index (χ2v) is 8.76. The number of unbranched alkanes of at least 4 members (excludes halogenated alkanes) is 1. The summed E-state index contributed by atoms with van der Waals surface area (Å²) in [5, 5.41) is 2.78. The molecular weight excluding hydrogens is 398 g/mol. The van der Waals surface area contributed by atoms with Crippen LogP contribution >= 0.6 is 0 Å². The van der Waals surface area contributed by atoms with Crippen molar-refractivity contribution in [1.29, 1.82) is 0 Å². The Morgan fingerprint density at radius 1 is 0.968 bits per heavy atom. The average molecular weight is 436 g/mol. The van der Waals surface area contributed by atoms with Gasteiger partial charge in [0.1, 0.15) is 5.60 Å². The zero-order valence-corrected chi connectivity index (χ0v) is 19.1. The first-order chi connectivity index (χ1) is 14.5. The van der Waals surface area contributed by atoms with Crippen LogP contribution in [0.4, 0.5) is 4.79 Å². The van der Waals surface area contributed by atoms with Crippen LogP contribution < -0.4 is 16.8 Å². The van der Waals surface area contributed by atoms with Crippen molar-refractivity contribution in [2.45, 2.75) is 90.6 Å². The zero-order chi connectivity index (χ0) is 23.4. The smallest absolute Gasteiger partial charge is 0.407 e. The van der Waals surface area contributed by atoms with Crippen LogP contribution in [0.25, 0.3) is 0 Å². The van der Waals surface area contributed by atoms with E-state index in [1.165, 1.54) is 5.56 Å². The van der Waals surface area contributed by atoms with E-state index in [2.05, 4.69) is 5.32 Å². The second kappa shape index (κ2) is 12.9. The van der Waals surface area contributed by atoms with Crippen molar-refractivity contribution in [1.82, 2.24) is 5.32 Å². The molecule has 0 radical (unpaired) electrons. The first-order valence-electron chi connectivity index (χ1n) is 10.7. The van der Waals surface area contributed by atoms with Gasteiger partial charge in [0, 0.05) is 12.8 Å². The number of alkyl carbamates (subject to hydrolysis) is 1. The lowest BCUT2D eigenvalue weighted by Crippen LogP contribution is -2.45. The molecule has 0 saturated carbocycles. The van der Waals surface area contributed by atoms with Gasteiger partial charge >= 0.3 is 6.09 Å². The Kier molecular flexibility index (Phi) is 11.0. The molecule has 174 valence electrons. The Hall–Kier alpha value is -2.61. The van der Waals surface area contributed by atoms with Crippen LogP contribution in [0.2, 0.25) is 0 Å². The van der Waals surface area contributed by atoms with E-state index in [9.17, 15) is 14.4 Å². The number of hydrogen-bond donors (Lipinski definition) is 3. The molecule has 0 aromatic heterocycles. The number of primary amides is 2. The van der Waals surface area contributed by atoms with Crippen molar-refractivity contribution >= 4 is 17.9 Å². The summed E-state index contributed by atoms with van der Waals surface area (Å²) >= 11 is 0. The van der Waals surface area contributed by atoms with Crippen molar-refractivity contribution in [2.24, 2.45) is 11.5 Å². The molecule has 0 heterocycles. The summed E-state index contributed by atoms with van der Waals surface area (Å²) in [5.74, 6) is -0.702. The lowest BCUT2D eigenvalue weighted by Gasteiger charge is -2.27. The predicted molar refractivity (Wildman–Crippen MR) is 119 cm³/mol. The number of hydrogen-bond acceptors (Lipinski definition) is 5. The highest BCUT2D eigenvalue weighted by atomic mass is 16.6. The molecule has 8 nitrogen and oxygen atoms in total. The summed E-state index contributed by atoms with van der Waals surface area (Å²) in [5.41, 5.74) is 12.0. The van der Waals surface area contributed by atoms with Gasteiger partial charge in [0.2, 0.25) is 11.8 Å². The summed E-state index contributed by atoms with van der Waals surface area (Å²) in [6, 6.07) is 7.66. The van der Waals surface area contributed by atoms with Crippen LogP contribution in [-0.4, -0.2) is 35.7 Å². The number of nitrogens with two attached hydrogens (primary N) is 2. The fourth-order valence-electron chi connectivity index (χ4n) is 2.96. The van der Waals surface area contributed by atoms with Crippen LogP contribution in [0.3, 0.4) is 0 Å². The maximum absolute atomic E-state index is 12.1. The van der Waals surface area contributed by atoms with E-state index >= 15 is 0 Å². The van der Waals surface area contributed by atoms with Gasteiger partial charge in [-0.15, -0.1) is 0 Å². The SMILES string of the molecule is C[C@@H](OCc1ccc(CCCCC(N)=O)cc1)[C@H](CCC(N)=O)NC(=O)OC(C)(C)C.